The molecule has 1 aromatic carbocycles. The molecule has 0 saturated heterocycles. The molecule has 0 radical (unpaired) electrons. The van der Waals surface area contributed by atoms with Gasteiger partial charge in [-0.15, -0.1) is 0 Å². The van der Waals surface area contributed by atoms with E-state index in [0.29, 0.717) is 0 Å². The highest BCUT2D eigenvalue weighted by molar-refractivity contribution is 9.10. The van der Waals surface area contributed by atoms with Gasteiger partial charge in [0.2, 0.25) is 0 Å². The van der Waals surface area contributed by atoms with E-state index in [1.54, 1.807) is 0 Å². The van der Waals surface area contributed by atoms with E-state index in [2.05, 4.69) is 21.0 Å². The number of aryl methyl sites for hydroxylation is 1. The minimum absolute atomic E-state index is 0.114. The van der Waals surface area contributed by atoms with Gasteiger partial charge in [0.15, 0.2) is 0 Å². The smallest absolute Gasteiger partial charge is 0.325 e. The highest BCUT2D eigenvalue weighted by Gasteiger charge is 2.16. The number of rotatable bonds is 3. The van der Waals surface area contributed by atoms with Gasteiger partial charge in [0, 0.05) is 15.7 Å². The Hall–Kier alpha value is -1.62. The number of carboxylic acids is 1. The van der Waals surface area contributed by atoms with Gasteiger partial charge in [0.1, 0.15) is 6.54 Å². The Balaban J connectivity index is 2.56. The Morgan fingerprint density at radius 2 is 2.06 bits per heavy atom. The average Bonchev–Trinajstić information content (AvgIpc) is 2.55. The third-order valence-corrected chi connectivity index (χ3v) is 3.50. The number of carboxylic acid groups (broad SMARTS) is 1. The normalized spacial score (nSPS) is 10.6. The zero-order chi connectivity index (χ0) is 13.3. The average molecular weight is 309 g/mol. The first-order valence-electron chi connectivity index (χ1n) is 5.51. The van der Waals surface area contributed by atoms with Crippen molar-refractivity contribution in [1.29, 1.82) is 0 Å². The van der Waals surface area contributed by atoms with Crippen LogP contribution >= 0.6 is 15.9 Å². The zero-order valence-corrected chi connectivity index (χ0v) is 11.7. The lowest BCUT2D eigenvalue weighted by Gasteiger charge is -2.05. The van der Waals surface area contributed by atoms with Crippen LogP contribution in [0.3, 0.4) is 0 Å². The molecule has 0 unspecified atom stereocenters. The number of aromatic nitrogens is 2. The molecule has 0 bridgehead atoms. The van der Waals surface area contributed by atoms with E-state index >= 15 is 0 Å². The Labute approximate surface area is 113 Å². The van der Waals surface area contributed by atoms with E-state index in [0.717, 1.165) is 27.0 Å². The van der Waals surface area contributed by atoms with Crippen LogP contribution in [0.1, 0.15) is 11.4 Å². The van der Waals surface area contributed by atoms with Crippen LogP contribution in [0, 0.1) is 13.8 Å². The molecule has 0 fully saturated rings. The number of hydrogen-bond donors (Lipinski definition) is 1. The van der Waals surface area contributed by atoms with Crippen molar-refractivity contribution in [2.75, 3.05) is 0 Å². The summed E-state index contributed by atoms with van der Waals surface area (Å²) in [5, 5.41) is 13.1. The maximum absolute atomic E-state index is 10.8. The molecular weight excluding hydrogens is 296 g/mol. The Bertz CT molecular complexity index is 605. The van der Waals surface area contributed by atoms with Crippen molar-refractivity contribution < 1.29 is 9.90 Å². The molecule has 0 aliphatic heterocycles. The molecule has 18 heavy (non-hydrogen) atoms. The number of carbonyl (C=O) groups is 1. The molecular formula is C13H13BrN2O2. The summed E-state index contributed by atoms with van der Waals surface area (Å²) in [5.74, 6) is -0.890. The first-order valence-corrected chi connectivity index (χ1v) is 6.30. The molecule has 0 saturated carbocycles. The van der Waals surface area contributed by atoms with Crippen molar-refractivity contribution in [3.05, 3.63) is 40.1 Å². The maximum Gasteiger partial charge on any atom is 0.325 e. The molecule has 4 nitrogen and oxygen atoms in total. The van der Waals surface area contributed by atoms with Crippen LogP contribution in [0.5, 0.6) is 0 Å². The van der Waals surface area contributed by atoms with Gasteiger partial charge in [-0.3, -0.25) is 9.48 Å². The largest absolute Gasteiger partial charge is 0.480 e. The van der Waals surface area contributed by atoms with E-state index in [4.69, 9.17) is 5.11 Å². The number of benzene rings is 1. The summed E-state index contributed by atoms with van der Waals surface area (Å²) in [6.07, 6.45) is 0. The van der Waals surface area contributed by atoms with E-state index in [9.17, 15) is 4.79 Å². The van der Waals surface area contributed by atoms with Crippen molar-refractivity contribution in [1.82, 2.24) is 9.78 Å². The molecule has 2 rings (SSSR count). The van der Waals surface area contributed by atoms with Gasteiger partial charge in [-0.05, 0) is 25.5 Å². The first kappa shape index (κ1) is 12.8. The molecule has 1 heterocycles. The Morgan fingerprint density at radius 1 is 1.39 bits per heavy atom. The highest BCUT2D eigenvalue weighted by atomic mass is 79.9. The second-order valence-electron chi connectivity index (χ2n) is 4.08. The van der Waals surface area contributed by atoms with Gasteiger partial charge < -0.3 is 5.11 Å². The molecule has 1 N–H and O–H groups in total. The third-order valence-electron chi connectivity index (χ3n) is 2.81. The van der Waals surface area contributed by atoms with E-state index in [1.807, 2.05) is 38.1 Å². The summed E-state index contributed by atoms with van der Waals surface area (Å²) >= 11 is 3.51. The molecule has 0 atom stereocenters. The standard InChI is InChI=1S/C13H13BrN2O2/c1-8-13(10-5-3-4-6-11(10)14)9(2)16(15-8)7-12(17)18/h3-6H,7H2,1-2H3,(H,17,18). The second-order valence-corrected chi connectivity index (χ2v) is 4.93. The van der Waals surface area contributed by atoms with Crippen molar-refractivity contribution in [3.8, 4) is 11.1 Å². The van der Waals surface area contributed by atoms with Crippen LogP contribution in [-0.2, 0) is 11.3 Å². The van der Waals surface area contributed by atoms with Crippen LogP contribution in [-0.4, -0.2) is 20.9 Å². The van der Waals surface area contributed by atoms with Crippen LogP contribution in [0.15, 0.2) is 28.7 Å². The summed E-state index contributed by atoms with van der Waals surface area (Å²) in [6.45, 7) is 3.66. The van der Waals surface area contributed by atoms with E-state index in [1.165, 1.54) is 4.68 Å². The lowest BCUT2D eigenvalue weighted by Crippen LogP contribution is -2.11. The fourth-order valence-corrected chi connectivity index (χ4v) is 2.52. The van der Waals surface area contributed by atoms with Gasteiger partial charge in [-0.1, -0.05) is 34.1 Å². The molecule has 0 aliphatic carbocycles. The zero-order valence-electron chi connectivity index (χ0n) is 10.1. The quantitative estimate of drug-likeness (QED) is 0.948. The van der Waals surface area contributed by atoms with Crippen molar-refractivity contribution in [2.24, 2.45) is 0 Å². The minimum atomic E-state index is -0.890. The highest BCUT2D eigenvalue weighted by Crippen LogP contribution is 2.32. The molecule has 5 heteroatoms. The van der Waals surface area contributed by atoms with Crippen LogP contribution in [0.25, 0.3) is 11.1 Å². The summed E-state index contributed by atoms with van der Waals surface area (Å²) in [5.41, 5.74) is 3.72. The minimum Gasteiger partial charge on any atom is -0.480 e. The Morgan fingerprint density at radius 3 is 2.67 bits per heavy atom. The molecule has 1 aromatic heterocycles. The van der Waals surface area contributed by atoms with Gasteiger partial charge >= 0.3 is 5.97 Å². The van der Waals surface area contributed by atoms with Crippen molar-refractivity contribution in [2.45, 2.75) is 20.4 Å². The molecule has 0 spiro atoms. The SMILES string of the molecule is Cc1nn(CC(=O)O)c(C)c1-c1ccccc1Br. The summed E-state index contributed by atoms with van der Waals surface area (Å²) < 4.78 is 2.50. The van der Waals surface area contributed by atoms with E-state index in [-0.39, 0.29) is 6.54 Å². The Kier molecular flexibility index (Phi) is 3.52. The number of hydrogen-bond acceptors (Lipinski definition) is 2. The monoisotopic (exact) mass is 308 g/mol. The summed E-state index contributed by atoms with van der Waals surface area (Å²) in [4.78, 5) is 10.8. The van der Waals surface area contributed by atoms with Gasteiger partial charge in [0.05, 0.1) is 5.69 Å². The maximum atomic E-state index is 10.8. The third kappa shape index (κ3) is 2.31. The molecule has 2 aromatic rings. The fourth-order valence-electron chi connectivity index (χ4n) is 2.03. The van der Waals surface area contributed by atoms with Crippen molar-refractivity contribution in [3.63, 3.8) is 0 Å². The molecule has 94 valence electrons. The van der Waals surface area contributed by atoms with E-state index < -0.39 is 5.97 Å². The van der Waals surface area contributed by atoms with Crippen molar-refractivity contribution >= 4 is 21.9 Å². The van der Waals surface area contributed by atoms with Crippen LogP contribution < -0.4 is 0 Å². The molecule has 0 aliphatic rings. The van der Waals surface area contributed by atoms with Gasteiger partial charge in [-0.25, -0.2) is 0 Å². The predicted molar refractivity (Wildman–Crippen MR) is 72.5 cm³/mol. The fraction of sp³-hybridized carbons (Fsp3) is 0.231. The summed E-state index contributed by atoms with van der Waals surface area (Å²) in [7, 11) is 0. The molecule has 0 amide bonds. The van der Waals surface area contributed by atoms with Crippen LogP contribution in [0.4, 0.5) is 0 Å². The second kappa shape index (κ2) is 4.94. The topological polar surface area (TPSA) is 55.1 Å². The first-order chi connectivity index (χ1) is 8.50. The lowest BCUT2D eigenvalue weighted by atomic mass is 10.0. The van der Waals surface area contributed by atoms with Crippen LogP contribution in [0.2, 0.25) is 0 Å². The number of aliphatic carboxylic acids is 1. The summed E-state index contributed by atoms with van der Waals surface area (Å²) in [6, 6.07) is 7.85. The predicted octanol–water partition coefficient (Wildman–Crippen LogP) is 3.01. The lowest BCUT2D eigenvalue weighted by molar-refractivity contribution is -0.137. The van der Waals surface area contributed by atoms with Gasteiger partial charge in [-0.2, -0.15) is 5.10 Å². The van der Waals surface area contributed by atoms with Gasteiger partial charge in [0.25, 0.3) is 0 Å². The number of nitrogens with zero attached hydrogens (tertiary/aromatic N) is 2. The number of halogens is 1.